The molecule has 2 aromatic rings. The van der Waals surface area contributed by atoms with Gasteiger partial charge in [0.15, 0.2) is 0 Å². The maximum atomic E-state index is 12.5. The van der Waals surface area contributed by atoms with E-state index in [-0.39, 0.29) is 17.9 Å². The van der Waals surface area contributed by atoms with Crippen LogP contribution in [-0.2, 0) is 0 Å². The summed E-state index contributed by atoms with van der Waals surface area (Å²) in [5.74, 6) is -0.204. The number of halogens is 2. The molecule has 0 radical (unpaired) electrons. The van der Waals surface area contributed by atoms with Crippen molar-refractivity contribution in [2.45, 2.75) is 13.0 Å². The molecule has 3 N–H and O–H groups in total. The predicted molar refractivity (Wildman–Crippen MR) is 94.2 cm³/mol. The zero-order valence-corrected chi connectivity index (χ0v) is 14.4. The molecule has 1 atom stereocenters. The number of aryl methyl sites for hydroxylation is 1. The number of ether oxygens (including phenoxy) is 1. The van der Waals surface area contributed by atoms with Crippen LogP contribution in [0.3, 0.4) is 0 Å². The molecule has 0 aliphatic heterocycles. The Bertz CT molecular complexity index is 737. The maximum Gasteiger partial charge on any atom is 0.259 e. The smallest absolute Gasteiger partial charge is 0.259 e. The van der Waals surface area contributed by atoms with Gasteiger partial charge in [0, 0.05) is 5.02 Å². The monoisotopic (exact) mass is 369 g/mol. The Labute approximate surface area is 149 Å². The minimum Gasteiger partial charge on any atom is -0.490 e. The molecule has 1 unspecified atom stereocenters. The van der Waals surface area contributed by atoms with Crippen molar-refractivity contribution in [3.63, 3.8) is 0 Å². The Balaban J connectivity index is 2.22. The lowest BCUT2D eigenvalue weighted by Crippen LogP contribution is -2.22. The first-order chi connectivity index (χ1) is 11.4. The third-order valence-corrected chi connectivity index (χ3v) is 3.75. The number of anilines is 1. The molecule has 5 nitrogen and oxygen atoms in total. The summed E-state index contributed by atoms with van der Waals surface area (Å²) in [6.45, 7) is 1.31. The summed E-state index contributed by atoms with van der Waals surface area (Å²) in [4.78, 5) is 12.5. The molecule has 7 heteroatoms. The van der Waals surface area contributed by atoms with Gasteiger partial charge in [-0.05, 0) is 42.8 Å². The Morgan fingerprint density at radius 3 is 2.67 bits per heavy atom. The van der Waals surface area contributed by atoms with Gasteiger partial charge in [-0.1, -0.05) is 29.3 Å². The van der Waals surface area contributed by atoms with Crippen LogP contribution in [0.25, 0.3) is 0 Å². The Kier molecular flexibility index (Phi) is 6.45. The van der Waals surface area contributed by atoms with Gasteiger partial charge in [-0.15, -0.1) is 0 Å². The minimum absolute atomic E-state index is 0.149. The fourth-order valence-electron chi connectivity index (χ4n) is 1.96. The first-order valence-corrected chi connectivity index (χ1v) is 7.95. The fraction of sp³-hybridized carbons (Fsp3) is 0.235. The average molecular weight is 370 g/mol. The SMILES string of the molecule is Cc1ccc(NC(=O)c2cc(Cl)ccc2OCC(O)CO)c(Cl)c1. The zero-order chi connectivity index (χ0) is 17.7. The molecule has 128 valence electrons. The number of carbonyl (C=O) groups is 1. The lowest BCUT2D eigenvalue weighted by atomic mass is 10.1. The molecule has 0 aromatic heterocycles. The van der Waals surface area contributed by atoms with Crippen molar-refractivity contribution in [2.24, 2.45) is 0 Å². The Morgan fingerprint density at radius 2 is 2.00 bits per heavy atom. The number of rotatable bonds is 6. The van der Waals surface area contributed by atoms with Gasteiger partial charge in [-0.25, -0.2) is 0 Å². The maximum absolute atomic E-state index is 12.5. The second kappa shape index (κ2) is 8.35. The number of nitrogens with one attached hydrogen (secondary N) is 1. The standard InChI is InChI=1S/C17H17Cl2NO4/c1-10-2-4-15(14(19)6-10)20-17(23)13-7-11(18)3-5-16(13)24-9-12(22)8-21/h2-7,12,21-22H,8-9H2,1H3,(H,20,23). The Hall–Kier alpha value is -1.79. The van der Waals surface area contributed by atoms with Gasteiger partial charge >= 0.3 is 0 Å². The number of amides is 1. The quantitative estimate of drug-likeness (QED) is 0.729. The van der Waals surface area contributed by atoms with Crippen LogP contribution < -0.4 is 10.1 Å². The van der Waals surface area contributed by atoms with E-state index in [0.717, 1.165) is 5.56 Å². The number of benzene rings is 2. The Morgan fingerprint density at radius 1 is 1.25 bits per heavy atom. The molecule has 2 rings (SSSR count). The highest BCUT2D eigenvalue weighted by atomic mass is 35.5. The number of aliphatic hydroxyl groups excluding tert-OH is 2. The van der Waals surface area contributed by atoms with Crippen molar-refractivity contribution in [3.8, 4) is 5.75 Å². The summed E-state index contributed by atoms with van der Waals surface area (Å²) in [5.41, 5.74) is 1.64. The third-order valence-electron chi connectivity index (χ3n) is 3.20. The van der Waals surface area contributed by atoms with Crippen molar-refractivity contribution in [2.75, 3.05) is 18.5 Å². The second-order valence-electron chi connectivity index (χ2n) is 5.23. The van der Waals surface area contributed by atoms with Crippen LogP contribution in [0.15, 0.2) is 36.4 Å². The lowest BCUT2D eigenvalue weighted by molar-refractivity contribution is 0.0532. The van der Waals surface area contributed by atoms with E-state index in [1.807, 2.05) is 13.0 Å². The van der Waals surface area contributed by atoms with E-state index in [1.54, 1.807) is 18.2 Å². The molecule has 0 fully saturated rings. The van der Waals surface area contributed by atoms with Crippen LogP contribution in [-0.4, -0.2) is 35.4 Å². The zero-order valence-electron chi connectivity index (χ0n) is 12.9. The van der Waals surface area contributed by atoms with Crippen molar-refractivity contribution in [3.05, 3.63) is 57.6 Å². The van der Waals surface area contributed by atoms with Gasteiger partial charge in [0.25, 0.3) is 5.91 Å². The van der Waals surface area contributed by atoms with Gasteiger partial charge in [0.1, 0.15) is 18.5 Å². The summed E-state index contributed by atoms with van der Waals surface area (Å²) in [6, 6.07) is 9.82. The van der Waals surface area contributed by atoms with Gasteiger partial charge in [0.05, 0.1) is 22.9 Å². The van der Waals surface area contributed by atoms with E-state index in [1.165, 1.54) is 12.1 Å². The molecular weight excluding hydrogens is 353 g/mol. The molecule has 0 saturated heterocycles. The number of aliphatic hydroxyl groups is 2. The van der Waals surface area contributed by atoms with E-state index in [9.17, 15) is 9.90 Å². The molecule has 0 bridgehead atoms. The summed E-state index contributed by atoms with van der Waals surface area (Å²) in [6.07, 6.45) is -1.04. The number of hydrogen-bond acceptors (Lipinski definition) is 4. The fourth-order valence-corrected chi connectivity index (χ4v) is 2.41. The molecule has 24 heavy (non-hydrogen) atoms. The normalized spacial score (nSPS) is 11.9. The molecular formula is C17H17Cl2NO4. The average Bonchev–Trinajstić information content (AvgIpc) is 2.55. The van der Waals surface area contributed by atoms with Crippen molar-refractivity contribution in [1.29, 1.82) is 0 Å². The summed E-state index contributed by atoms with van der Waals surface area (Å²) in [5, 5.41) is 21.7. The third kappa shape index (κ3) is 4.85. The van der Waals surface area contributed by atoms with Crippen LogP contribution in [0.5, 0.6) is 5.75 Å². The molecule has 0 aliphatic rings. The van der Waals surface area contributed by atoms with Crippen LogP contribution in [0, 0.1) is 6.92 Å². The first-order valence-electron chi connectivity index (χ1n) is 7.19. The number of carbonyl (C=O) groups excluding carboxylic acids is 1. The van der Waals surface area contributed by atoms with Crippen LogP contribution in [0.1, 0.15) is 15.9 Å². The van der Waals surface area contributed by atoms with Gasteiger partial charge in [-0.3, -0.25) is 4.79 Å². The molecule has 0 aliphatic carbocycles. The van der Waals surface area contributed by atoms with Crippen LogP contribution in [0.4, 0.5) is 5.69 Å². The van der Waals surface area contributed by atoms with Crippen LogP contribution >= 0.6 is 23.2 Å². The minimum atomic E-state index is -1.04. The van der Waals surface area contributed by atoms with E-state index < -0.39 is 18.6 Å². The summed E-state index contributed by atoms with van der Waals surface area (Å²) < 4.78 is 5.39. The largest absolute Gasteiger partial charge is 0.490 e. The van der Waals surface area contributed by atoms with Crippen molar-refractivity contribution in [1.82, 2.24) is 0 Å². The highest BCUT2D eigenvalue weighted by Gasteiger charge is 2.16. The lowest BCUT2D eigenvalue weighted by Gasteiger charge is -2.14. The van der Waals surface area contributed by atoms with E-state index in [4.69, 9.17) is 33.0 Å². The highest BCUT2D eigenvalue weighted by molar-refractivity contribution is 6.34. The second-order valence-corrected chi connectivity index (χ2v) is 6.07. The molecule has 0 saturated carbocycles. The predicted octanol–water partition coefficient (Wildman–Crippen LogP) is 3.29. The molecule has 0 spiro atoms. The van der Waals surface area contributed by atoms with Gasteiger partial charge in [0.2, 0.25) is 0 Å². The van der Waals surface area contributed by atoms with E-state index in [2.05, 4.69) is 5.32 Å². The van der Waals surface area contributed by atoms with Gasteiger partial charge < -0.3 is 20.3 Å². The summed E-state index contributed by atoms with van der Waals surface area (Å²) in [7, 11) is 0. The van der Waals surface area contributed by atoms with Crippen LogP contribution in [0.2, 0.25) is 10.0 Å². The highest BCUT2D eigenvalue weighted by Crippen LogP contribution is 2.27. The summed E-state index contributed by atoms with van der Waals surface area (Å²) >= 11 is 12.1. The molecule has 2 aromatic carbocycles. The first kappa shape index (κ1) is 18.5. The van der Waals surface area contributed by atoms with E-state index in [0.29, 0.717) is 15.7 Å². The molecule has 0 heterocycles. The van der Waals surface area contributed by atoms with Crippen molar-refractivity contribution < 1.29 is 19.7 Å². The van der Waals surface area contributed by atoms with E-state index >= 15 is 0 Å². The molecule has 1 amide bonds. The number of hydrogen-bond donors (Lipinski definition) is 3. The topological polar surface area (TPSA) is 78.8 Å². The van der Waals surface area contributed by atoms with Gasteiger partial charge in [-0.2, -0.15) is 0 Å². The van der Waals surface area contributed by atoms with Crippen molar-refractivity contribution >= 4 is 34.8 Å².